The molecule has 2 rings (SSSR count). The molecule has 0 fully saturated rings. The molecule has 54 valence electrons. The van der Waals surface area contributed by atoms with E-state index in [0.29, 0.717) is 0 Å². The summed E-state index contributed by atoms with van der Waals surface area (Å²) < 4.78 is 46.7. The number of aryl methyl sites for hydroxylation is 2. The highest BCUT2D eigenvalue weighted by Gasteiger charge is 2.08. The Morgan fingerprint density at radius 3 is 3.50 bits per heavy atom. The maximum absolute atomic E-state index is 7.69. The van der Waals surface area contributed by atoms with E-state index in [2.05, 4.69) is 15.5 Å². The summed E-state index contributed by atoms with van der Waals surface area (Å²) in [5.41, 5.74) is 0. The van der Waals surface area contributed by atoms with E-state index in [1.807, 2.05) is 0 Å². The summed E-state index contributed by atoms with van der Waals surface area (Å²) in [6.45, 7) is -2.12. The van der Waals surface area contributed by atoms with E-state index >= 15 is 0 Å². The van der Waals surface area contributed by atoms with Gasteiger partial charge in [0.15, 0.2) is 5.82 Å². The van der Waals surface area contributed by atoms with E-state index in [0.717, 1.165) is 4.68 Å². The van der Waals surface area contributed by atoms with Gasteiger partial charge in [-0.25, -0.2) is 4.68 Å². The quantitative estimate of drug-likeness (QED) is 0.529. The molecule has 0 saturated carbocycles. The third-order valence-electron chi connectivity index (χ3n) is 1.19. The largest absolute Gasteiger partial charge is 0.230 e. The molecule has 4 heteroatoms. The molecule has 0 aromatic carbocycles. The highest BCUT2D eigenvalue weighted by molar-refractivity contribution is 4.82. The molecular weight excluding hydrogens is 128 g/mol. The fraction of sp³-hybridized carbons (Fsp3) is 0.833. The average molecular weight is 144 g/mol. The summed E-state index contributed by atoms with van der Waals surface area (Å²) in [5, 5.41) is 10.1. The molecule has 0 N–H and O–H groups in total. The third-order valence-corrected chi connectivity index (χ3v) is 1.19. The number of aromatic nitrogens is 4. The summed E-state index contributed by atoms with van der Waals surface area (Å²) in [5.74, 6) is -0.265. The zero-order chi connectivity index (χ0) is 12.2. The molecule has 0 atom stereocenters. The molecule has 0 unspecified atom stereocenters. The molecule has 0 spiro atoms. The van der Waals surface area contributed by atoms with Crippen molar-refractivity contribution in [2.45, 2.75) is 32.1 Å². The average Bonchev–Trinajstić information content (AvgIpc) is 2.43. The van der Waals surface area contributed by atoms with Gasteiger partial charge in [-0.2, -0.15) is 0 Å². The van der Waals surface area contributed by atoms with E-state index in [1.54, 1.807) is 0 Å². The second kappa shape index (κ2) is 2.36. The van der Waals surface area contributed by atoms with Crippen LogP contribution in [0.25, 0.3) is 0 Å². The Morgan fingerprint density at radius 2 is 2.50 bits per heavy atom. The Labute approximate surface area is 67.7 Å². The van der Waals surface area contributed by atoms with Crippen LogP contribution in [0.3, 0.4) is 0 Å². The van der Waals surface area contributed by atoms with Crippen LogP contribution in [0.2, 0.25) is 0 Å². The van der Waals surface area contributed by atoms with Crippen LogP contribution in [0.1, 0.15) is 33.3 Å². The normalized spacial score (nSPS) is 42.0. The van der Waals surface area contributed by atoms with Gasteiger partial charge in [-0.3, -0.25) is 0 Å². The molecule has 4 nitrogen and oxygen atoms in total. The molecule has 0 radical (unpaired) electrons. The summed E-state index contributed by atoms with van der Waals surface area (Å²) in [7, 11) is 0. The van der Waals surface area contributed by atoms with E-state index in [4.69, 9.17) is 8.22 Å². The zero-order valence-electron chi connectivity index (χ0n) is 11.2. The van der Waals surface area contributed by atoms with Gasteiger partial charge in [0.05, 0.1) is 2.74 Å². The van der Waals surface area contributed by atoms with Crippen molar-refractivity contribution in [3.8, 4) is 0 Å². The summed E-state index contributed by atoms with van der Waals surface area (Å²) in [6.07, 6.45) is -4.95. The molecule has 0 amide bonds. The number of nitrogens with zero attached hydrogens (tertiary/aromatic N) is 4. The second-order valence-corrected chi connectivity index (χ2v) is 1.85. The molecule has 0 aliphatic carbocycles. The van der Waals surface area contributed by atoms with Crippen molar-refractivity contribution in [1.82, 2.24) is 20.2 Å². The molecule has 0 saturated heterocycles. The van der Waals surface area contributed by atoms with Crippen molar-refractivity contribution in [3.63, 3.8) is 0 Å². The second-order valence-electron chi connectivity index (χ2n) is 1.85. The van der Waals surface area contributed by atoms with Gasteiger partial charge in [0.1, 0.15) is 0 Å². The molecule has 2 heterocycles. The fourth-order valence-corrected chi connectivity index (χ4v) is 0.739. The lowest BCUT2D eigenvalue weighted by Crippen LogP contribution is -2.02. The first-order valence-corrected chi connectivity index (χ1v) is 2.94. The first-order valence-electron chi connectivity index (χ1n) is 5.94. The lowest BCUT2D eigenvalue weighted by Gasteiger charge is -1.94. The monoisotopic (exact) mass is 144 g/mol. The Balaban J connectivity index is 2.59. The molecular formula is C6H10N4. The predicted octanol–water partition coefficient (Wildman–Crippen LogP) is 0.399. The molecule has 1 aliphatic heterocycles. The number of hydrogen-bond acceptors (Lipinski definition) is 3. The molecule has 0 bridgehead atoms. The Bertz CT molecular complexity index is 378. The Hall–Kier alpha value is -0.930. The van der Waals surface area contributed by atoms with Gasteiger partial charge >= 0.3 is 0 Å². The lowest BCUT2D eigenvalue weighted by atomic mass is 10.2. The smallest absolute Gasteiger partial charge is 0.151 e. The van der Waals surface area contributed by atoms with Crippen LogP contribution >= 0.6 is 0 Å². The van der Waals surface area contributed by atoms with Crippen LogP contribution < -0.4 is 0 Å². The number of hydrogen-bond donors (Lipinski definition) is 0. The van der Waals surface area contributed by atoms with E-state index in [-0.39, 0.29) is 5.82 Å². The number of fused-ring (bicyclic) bond motifs is 1. The van der Waals surface area contributed by atoms with E-state index in [9.17, 15) is 0 Å². The third kappa shape index (κ3) is 0.894. The van der Waals surface area contributed by atoms with Gasteiger partial charge < -0.3 is 0 Å². The molecule has 1 aromatic rings. The van der Waals surface area contributed by atoms with Crippen molar-refractivity contribution in [2.75, 3.05) is 0 Å². The van der Waals surface area contributed by atoms with Crippen molar-refractivity contribution >= 4 is 0 Å². The first kappa shape index (κ1) is 2.29. The van der Waals surface area contributed by atoms with Gasteiger partial charge in [0.2, 0.25) is 0 Å². The van der Waals surface area contributed by atoms with E-state index in [1.165, 1.54) is 0 Å². The zero-order valence-corrected chi connectivity index (χ0v) is 5.20. The highest BCUT2D eigenvalue weighted by Crippen LogP contribution is 2.09. The molecule has 10 heavy (non-hydrogen) atoms. The Morgan fingerprint density at radius 1 is 1.50 bits per heavy atom. The van der Waals surface area contributed by atoms with Gasteiger partial charge in [-0.15, -0.1) is 5.10 Å². The predicted molar refractivity (Wildman–Crippen MR) is 35.4 cm³/mol. The topological polar surface area (TPSA) is 43.6 Å². The molecule has 1 aromatic heterocycles. The summed E-state index contributed by atoms with van der Waals surface area (Å²) in [6, 6.07) is 0. The van der Waals surface area contributed by atoms with Crippen LogP contribution in [-0.4, -0.2) is 20.2 Å². The van der Waals surface area contributed by atoms with Gasteiger partial charge in [0.25, 0.3) is 0 Å². The van der Waals surface area contributed by atoms with Crippen LogP contribution in [0.15, 0.2) is 0 Å². The van der Waals surface area contributed by atoms with Gasteiger partial charge in [-0.05, 0) is 23.3 Å². The minimum atomic E-state index is -2.12. The van der Waals surface area contributed by atoms with Crippen molar-refractivity contribution in [1.29, 1.82) is 0 Å². The summed E-state index contributed by atoms with van der Waals surface area (Å²) >= 11 is 0. The lowest BCUT2D eigenvalue weighted by molar-refractivity contribution is 0.556. The standard InChI is InChI=1S/C6H10N4/c1-2-4-6-7-8-9-10(6)5-3-1/h1-5H2/i1D2,4D2,5D2. The number of rotatable bonds is 0. The van der Waals surface area contributed by atoms with Crippen molar-refractivity contribution < 1.29 is 8.22 Å². The van der Waals surface area contributed by atoms with Gasteiger partial charge in [0, 0.05) is 18.4 Å². The van der Waals surface area contributed by atoms with Crippen LogP contribution in [0.5, 0.6) is 0 Å². The minimum absolute atomic E-state index is 0.265. The maximum atomic E-state index is 7.69. The van der Waals surface area contributed by atoms with Crippen LogP contribution in [-0.2, 0) is 12.9 Å². The van der Waals surface area contributed by atoms with E-state index < -0.39 is 32.1 Å². The van der Waals surface area contributed by atoms with Crippen molar-refractivity contribution in [3.05, 3.63) is 5.82 Å². The fourth-order valence-electron chi connectivity index (χ4n) is 0.739. The first-order chi connectivity index (χ1) is 7.14. The number of tetrazole rings is 1. The van der Waals surface area contributed by atoms with Gasteiger partial charge in [-0.1, -0.05) is 6.37 Å². The van der Waals surface area contributed by atoms with Crippen LogP contribution in [0, 0.1) is 0 Å². The summed E-state index contributed by atoms with van der Waals surface area (Å²) in [4.78, 5) is 0. The Kier molecular flexibility index (Phi) is 0.540. The minimum Gasteiger partial charge on any atom is -0.230 e. The molecule has 1 aliphatic rings. The SMILES string of the molecule is [2H]C1([2H])CC([2H])([2H])c2nnnn2C([2H])([2H])C1. The van der Waals surface area contributed by atoms with Crippen LogP contribution in [0.4, 0.5) is 0 Å². The maximum Gasteiger partial charge on any atom is 0.151 e. The van der Waals surface area contributed by atoms with Crippen molar-refractivity contribution in [2.24, 2.45) is 0 Å². The highest BCUT2D eigenvalue weighted by atomic mass is 15.5.